The highest BCUT2D eigenvalue weighted by atomic mass is 79.9. The summed E-state index contributed by atoms with van der Waals surface area (Å²) in [5.41, 5.74) is 0.165. The molecule has 0 atom stereocenters. The van der Waals surface area contributed by atoms with Gasteiger partial charge in [-0.25, -0.2) is 0 Å². The van der Waals surface area contributed by atoms with Crippen LogP contribution in [0.25, 0.3) is 0 Å². The standard InChI is InChI=1S/C5H7BrN2/c6-3-4-1-5(2-4)7-8-5/h4H,1-3H2. The zero-order chi connectivity index (χ0) is 5.61. The lowest BCUT2D eigenvalue weighted by molar-refractivity contribution is 0.252. The maximum absolute atomic E-state index is 3.94. The lowest BCUT2D eigenvalue weighted by atomic mass is 9.79. The van der Waals surface area contributed by atoms with Crippen LogP contribution >= 0.6 is 15.9 Å². The normalized spacial score (nSPS) is 30.6. The second kappa shape index (κ2) is 1.32. The van der Waals surface area contributed by atoms with Gasteiger partial charge >= 0.3 is 0 Å². The highest BCUT2D eigenvalue weighted by Gasteiger charge is 2.51. The third kappa shape index (κ3) is 0.538. The van der Waals surface area contributed by atoms with E-state index in [-0.39, 0.29) is 5.66 Å². The maximum atomic E-state index is 3.94. The van der Waals surface area contributed by atoms with Crippen molar-refractivity contribution in [2.24, 2.45) is 16.1 Å². The summed E-state index contributed by atoms with van der Waals surface area (Å²) in [6, 6.07) is 0. The minimum Gasteiger partial charge on any atom is -0.159 e. The lowest BCUT2D eigenvalue weighted by Crippen LogP contribution is -2.32. The Morgan fingerprint density at radius 3 is 2.50 bits per heavy atom. The zero-order valence-electron chi connectivity index (χ0n) is 4.47. The van der Waals surface area contributed by atoms with Crippen molar-refractivity contribution in [3.63, 3.8) is 0 Å². The van der Waals surface area contributed by atoms with Gasteiger partial charge in [0.15, 0.2) is 5.66 Å². The molecule has 0 saturated heterocycles. The Labute approximate surface area is 56.5 Å². The van der Waals surface area contributed by atoms with Gasteiger partial charge in [-0.2, -0.15) is 10.2 Å². The van der Waals surface area contributed by atoms with Crippen molar-refractivity contribution in [2.75, 3.05) is 5.33 Å². The van der Waals surface area contributed by atoms with Gasteiger partial charge in [0.25, 0.3) is 0 Å². The topological polar surface area (TPSA) is 24.7 Å². The molecular weight excluding hydrogens is 168 g/mol. The summed E-state index contributed by atoms with van der Waals surface area (Å²) < 4.78 is 0. The number of rotatable bonds is 1. The Morgan fingerprint density at radius 2 is 2.12 bits per heavy atom. The van der Waals surface area contributed by atoms with Crippen LogP contribution in [0, 0.1) is 5.92 Å². The largest absolute Gasteiger partial charge is 0.191 e. The first-order chi connectivity index (χ1) is 3.85. The molecule has 8 heavy (non-hydrogen) atoms. The van der Waals surface area contributed by atoms with Gasteiger partial charge in [-0.15, -0.1) is 0 Å². The Hall–Kier alpha value is 0.0800. The molecule has 1 spiro atoms. The fourth-order valence-electron chi connectivity index (χ4n) is 1.21. The molecule has 0 aromatic heterocycles. The van der Waals surface area contributed by atoms with E-state index in [1.807, 2.05) is 0 Å². The second-order valence-corrected chi connectivity index (χ2v) is 3.26. The van der Waals surface area contributed by atoms with E-state index in [0.717, 1.165) is 11.2 Å². The van der Waals surface area contributed by atoms with E-state index < -0.39 is 0 Å². The van der Waals surface area contributed by atoms with Crippen molar-refractivity contribution >= 4 is 15.9 Å². The Bertz CT molecular complexity index is 129. The van der Waals surface area contributed by atoms with Gasteiger partial charge in [0, 0.05) is 18.2 Å². The minimum absolute atomic E-state index is 0.165. The lowest BCUT2D eigenvalue weighted by Gasteiger charge is -2.29. The molecule has 0 aromatic rings. The van der Waals surface area contributed by atoms with Crippen LogP contribution < -0.4 is 0 Å². The van der Waals surface area contributed by atoms with Crippen molar-refractivity contribution in [3.8, 4) is 0 Å². The van der Waals surface area contributed by atoms with Crippen molar-refractivity contribution in [3.05, 3.63) is 0 Å². The van der Waals surface area contributed by atoms with Crippen LogP contribution in [0.2, 0.25) is 0 Å². The number of alkyl halides is 1. The van der Waals surface area contributed by atoms with Crippen molar-refractivity contribution in [2.45, 2.75) is 18.5 Å². The predicted octanol–water partition coefficient (Wildman–Crippen LogP) is 1.95. The highest BCUT2D eigenvalue weighted by Crippen LogP contribution is 2.50. The van der Waals surface area contributed by atoms with Crippen LogP contribution in [-0.2, 0) is 0 Å². The third-order valence-electron chi connectivity index (χ3n) is 1.83. The molecule has 1 saturated carbocycles. The van der Waals surface area contributed by atoms with E-state index in [1.165, 1.54) is 12.8 Å². The molecular formula is C5H7BrN2. The summed E-state index contributed by atoms with van der Waals surface area (Å²) in [5, 5.41) is 9.01. The van der Waals surface area contributed by atoms with E-state index in [2.05, 4.69) is 26.2 Å². The molecule has 0 aromatic carbocycles. The van der Waals surface area contributed by atoms with E-state index in [4.69, 9.17) is 0 Å². The molecule has 2 aliphatic rings. The molecule has 0 radical (unpaired) electrons. The van der Waals surface area contributed by atoms with Crippen LogP contribution in [0.4, 0.5) is 0 Å². The Kier molecular flexibility index (Phi) is 0.811. The van der Waals surface area contributed by atoms with Crippen LogP contribution in [-0.4, -0.2) is 11.0 Å². The van der Waals surface area contributed by atoms with Crippen molar-refractivity contribution in [1.82, 2.24) is 0 Å². The smallest absolute Gasteiger partial charge is 0.159 e. The molecule has 1 aliphatic heterocycles. The average molecular weight is 175 g/mol. The second-order valence-electron chi connectivity index (χ2n) is 2.61. The van der Waals surface area contributed by atoms with Gasteiger partial charge in [0.05, 0.1) is 0 Å². The summed E-state index contributed by atoms with van der Waals surface area (Å²) in [5.74, 6) is 0.852. The van der Waals surface area contributed by atoms with E-state index in [9.17, 15) is 0 Å². The summed E-state index contributed by atoms with van der Waals surface area (Å²) in [4.78, 5) is 0. The average Bonchev–Trinajstić information content (AvgIpc) is 2.38. The number of hydrogen-bond acceptors (Lipinski definition) is 2. The maximum Gasteiger partial charge on any atom is 0.191 e. The predicted molar refractivity (Wildman–Crippen MR) is 34.1 cm³/mol. The fraction of sp³-hybridized carbons (Fsp3) is 1.00. The first-order valence-corrected chi connectivity index (χ1v) is 3.97. The Balaban J connectivity index is 1.85. The molecule has 2 rings (SSSR count). The molecule has 44 valence electrons. The minimum atomic E-state index is 0.165. The van der Waals surface area contributed by atoms with Gasteiger partial charge in [-0.05, 0) is 5.92 Å². The van der Waals surface area contributed by atoms with Gasteiger partial charge in [0.1, 0.15) is 0 Å². The number of hydrogen-bond donors (Lipinski definition) is 0. The molecule has 0 amide bonds. The van der Waals surface area contributed by atoms with E-state index >= 15 is 0 Å². The van der Waals surface area contributed by atoms with Crippen molar-refractivity contribution < 1.29 is 0 Å². The molecule has 0 unspecified atom stereocenters. The summed E-state index contributed by atoms with van der Waals surface area (Å²) in [7, 11) is 0. The van der Waals surface area contributed by atoms with Crippen LogP contribution in [0.5, 0.6) is 0 Å². The molecule has 1 fully saturated rings. The summed E-state index contributed by atoms with van der Waals surface area (Å²) in [6.45, 7) is 0. The third-order valence-corrected chi connectivity index (χ3v) is 2.75. The molecule has 0 bridgehead atoms. The molecule has 1 aliphatic carbocycles. The van der Waals surface area contributed by atoms with Crippen molar-refractivity contribution in [1.29, 1.82) is 0 Å². The number of halogens is 1. The van der Waals surface area contributed by atoms with Gasteiger partial charge < -0.3 is 0 Å². The molecule has 1 heterocycles. The summed E-state index contributed by atoms with van der Waals surface area (Å²) >= 11 is 3.42. The van der Waals surface area contributed by atoms with Crippen LogP contribution in [0.1, 0.15) is 12.8 Å². The first-order valence-electron chi connectivity index (χ1n) is 2.85. The molecule has 0 N–H and O–H groups in total. The zero-order valence-corrected chi connectivity index (χ0v) is 6.06. The van der Waals surface area contributed by atoms with Gasteiger partial charge in [-0.1, -0.05) is 15.9 Å². The Morgan fingerprint density at radius 1 is 1.50 bits per heavy atom. The van der Waals surface area contributed by atoms with Crippen LogP contribution in [0.3, 0.4) is 0 Å². The monoisotopic (exact) mass is 174 g/mol. The highest BCUT2D eigenvalue weighted by molar-refractivity contribution is 9.09. The van der Waals surface area contributed by atoms with Gasteiger partial charge in [-0.3, -0.25) is 0 Å². The fourth-order valence-corrected chi connectivity index (χ4v) is 1.67. The summed E-state index contributed by atoms with van der Waals surface area (Å²) in [6.07, 6.45) is 2.39. The van der Waals surface area contributed by atoms with E-state index in [1.54, 1.807) is 0 Å². The molecule has 2 nitrogen and oxygen atoms in total. The molecule has 3 heteroatoms. The van der Waals surface area contributed by atoms with E-state index in [0.29, 0.717) is 0 Å². The first kappa shape index (κ1) is 4.91. The SMILES string of the molecule is BrCC1CC2(C1)N=N2. The van der Waals surface area contributed by atoms with Gasteiger partial charge in [0.2, 0.25) is 0 Å². The number of nitrogens with zero attached hydrogens (tertiary/aromatic N) is 2. The quantitative estimate of drug-likeness (QED) is 0.544. The van der Waals surface area contributed by atoms with Crippen LogP contribution in [0.15, 0.2) is 10.2 Å².